The van der Waals surface area contributed by atoms with Gasteiger partial charge in [-0.15, -0.1) is 0 Å². The molecule has 1 aromatic carbocycles. The highest BCUT2D eigenvalue weighted by atomic mass is 16.5. The van der Waals surface area contributed by atoms with Crippen LogP contribution in [0, 0.1) is 0 Å². The summed E-state index contributed by atoms with van der Waals surface area (Å²) in [5, 5.41) is 11.2. The minimum Gasteiger partial charge on any atom is -0.397 e. The van der Waals surface area contributed by atoms with Gasteiger partial charge in [0.05, 0.1) is 24.6 Å². The van der Waals surface area contributed by atoms with Gasteiger partial charge in [0.2, 0.25) is 5.91 Å². The van der Waals surface area contributed by atoms with E-state index < -0.39 is 0 Å². The van der Waals surface area contributed by atoms with Crippen LogP contribution in [0.2, 0.25) is 0 Å². The smallest absolute Gasteiger partial charge is 0.224 e. The van der Waals surface area contributed by atoms with Gasteiger partial charge in [0.15, 0.2) is 0 Å². The lowest BCUT2D eigenvalue weighted by molar-refractivity contribution is -0.116. The highest BCUT2D eigenvalue weighted by molar-refractivity contribution is 5.93. The quantitative estimate of drug-likeness (QED) is 0.488. The molecular formula is C12H18N2O3. The molecule has 0 saturated carbocycles. The van der Waals surface area contributed by atoms with Gasteiger partial charge in [-0.05, 0) is 18.6 Å². The molecule has 94 valence electrons. The molecule has 17 heavy (non-hydrogen) atoms. The summed E-state index contributed by atoms with van der Waals surface area (Å²) in [6, 6.07) is 7.12. The lowest BCUT2D eigenvalue weighted by atomic mass is 10.2. The van der Waals surface area contributed by atoms with Gasteiger partial charge in [0, 0.05) is 13.0 Å². The molecule has 1 amide bonds. The third-order valence-electron chi connectivity index (χ3n) is 2.16. The van der Waals surface area contributed by atoms with E-state index in [4.69, 9.17) is 15.6 Å². The van der Waals surface area contributed by atoms with Crippen LogP contribution in [0.25, 0.3) is 0 Å². The summed E-state index contributed by atoms with van der Waals surface area (Å²) < 4.78 is 5.05. The number of nitrogens with one attached hydrogen (secondary N) is 1. The molecule has 0 fully saturated rings. The fourth-order valence-electron chi connectivity index (χ4n) is 1.32. The maximum absolute atomic E-state index is 11.5. The standard InChI is InChI=1S/C12H18N2O3/c13-10-4-1-2-5-11(10)14-12(16)6-3-8-17-9-7-15/h1-2,4-5,15H,3,6-9,13H2,(H,14,16). The van der Waals surface area contributed by atoms with E-state index in [1.165, 1.54) is 0 Å². The Morgan fingerprint density at radius 1 is 1.35 bits per heavy atom. The fourth-order valence-corrected chi connectivity index (χ4v) is 1.32. The second-order valence-corrected chi connectivity index (χ2v) is 3.57. The Morgan fingerprint density at radius 2 is 2.12 bits per heavy atom. The first-order valence-electron chi connectivity index (χ1n) is 5.57. The van der Waals surface area contributed by atoms with Crippen molar-refractivity contribution in [2.75, 3.05) is 30.9 Å². The van der Waals surface area contributed by atoms with Crippen LogP contribution in [0.15, 0.2) is 24.3 Å². The van der Waals surface area contributed by atoms with Crippen LogP contribution >= 0.6 is 0 Å². The largest absolute Gasteiger partial charge is 0.397 e. The number of carbonyl (C=O) groups is 1. The van der Waals surface area contributed by atoms with Crippen LogP contribution < -0.4 is 11.1 Å². The van der Waals surface area contributed by atoms with E-state index in [9.17, 15) is 4.79 Å². The number of rotatable bonds is 7. The summed E-state index contributed by atoms with van der Waals surface area (Å²) >= 11 is 0. The van der Waals surface area contributed by atoms with Crippen molar-refractivity contribution in [1.29, 1.82) is 0 Å². The van der Waals surface area contributed by atoms with Gasteiger partial charge < -0.3 is 20.9 Å². The fraction of sp³-hybridized carbons (Fsp3) is 0.417. The molecule has 0 aliphatic carbocycles. The van der Waals surface area contributed by atoms with Crippen LogP contribution in [0.5, 0.6) is 0 Å². The minimum atomic E-state index is -0.0875. The molecule has 0 aliphatic rings. The molecule has 0 radical (unpaired) electrons. The molecule has 0 atom stereocenters. The van der Waals surface area contributed by atoms with Crippen molar-refractivity contribution >= 4 is 17.3 Å². The zero-order valence-electron chi connectivity index (χ0n) is 9.69. The number of ether oxygens (including phenoxy) is 1. The average molecular weight is 238 g/mol. The van der Waals surface area contributed by atoms with Gasteiger partial charge >= 0.3 is 0 Å². The summed E-state index contributed by atoms with van der Waals surface area (Å²) in [4.78, 5) is 11.5. The Hall–Kier alpha value is -1.59. The topological polar surface area (TPSA) is 84.6 Å². The van der Waals surface area contributed by atoms with Crippen LogP contribution in [0.4, 0.5) is 11.4 Å². The molecule has 1 rings (SSSR count). The zero-order valence-corrected chi connectivity index (χ0v) is 9.69. The van der Waals surface area contributed by atoms with E-state index in [1.807, 2.05) is 12.1 Å². The van der Waals surface area contributed by atoms with Gasteiger partial charge in [-0.25, -0.2) is 0 Å². The van der Waals surface area contributed by atoms with Gasteiger partial charge in [0.1, 0.15) is 0 Å². The van der Waals surface area contributed by atoms with Crippen LogP contribution in [0.3, 0.4) is 0 Å². The van der Waals surface area contributed by atoms with E-state index in [0.717, 1.165) is 0 Å². The summed E-state index contributed by atoms with van der Waals surface area (Å²) in [7, 11) is 0. The van der Waals surface area contributed by atoms with E-state index in [0.29, 0.717) is 37.4 Å². The van der Waals surface area contributed by atoms with E-state index in [1.54, 1.807) is 12.1 Å². The number of aliphatic hydroxyl groups is 1. The Labute approximate surface area is 101 Å². The second-order valence-electron chi connectivity index (χ2n) is 3.57. The van der Waals surface area contributed by atoms with Gasteiger partial charge in [-0.2, -0.15) is 0 Å². The number of nitrogens with two attached hydrogens (primary N) is 1. The first-order chi connectivity index (χ1) is 8.24. The molecule has 0 spiro atoms. The molecular weight excluding hydrogens is 220 g/mol. The van der Waals surface area contributed by atoms with Crippen molar-refractivity contribution in [3.63, 3.8) is 0 Å². The molecule has 1 aromatic rings. The first kappa shape index (κ1) is 13.5. The van der Waals surface area contributed by atoms with Gasteiger partial charge in [0.25, 0.3) is 0 Å². The summed E-state index contributed by atoms with van der Waals surface area (Å²) in [5.41, 5.74) is 6.88. The molecule has 0 saturated heterocycles. The molecule has 0 heterocycles. The average Bonchev–Trinajstić information content (AvgIpc) is 2.32. The van der Waals surface area contributed by atoms with Crippen molar-refractivity contribution in [2.24, 2.45) is 0 Å². The Morgan fingerprint density at radius 3 is 2.82 bits per heavy atom. The van der Waals surface area contributed by atoms with E-state index >= 15 is 0 Å². The maximum atomic E-state index is 11.5. The van der Waals surface area contributed by atoms with Crippen molar-refractivity contribution in [3.05, 3.63) is 24.3 Å². The highest BCUT2D eigenvalue weighted by Gasteiger charge is 2.04. The lowest BCUT2D eigenvalue weighted by Gasteiger charge is -2.07. The molecule has 4 N–H and O–H groups in total. The Kier molecular flexibility index (Phi) is 6.06. The van der Waals surface area contributed by atoms with Crippen molar-refractivity contribution in [3.8, 4) is 0 Å². The molecule has 0 unspecified atom stereocenters. The summed E-state index contributed by atoms with van der Waals surface area (Å²) in [6.07, 6.45) is 0.998. The Bertz CT molecular complexity index is 355. The van der Waals surface area contributed by atoms with Crippen LogP contribution in [0.1, 0.15) is 12.8 Å². The molecule has 0 bridgehead atoms. The SMILES string of the molecule is Nc1ccccc1NC(=O)CCCOCCO. The Balaban J connectivity index is 2.23. The van der Waals surface area contributed by atoms with Crippen LogP contribution in [-0.4, -0.2) is 30.8 Å². The summed E-state index contributed by atoms with van der Waals surface area (Å²) in [6.45, 7) is 0.790. The molecule has 0 aromatic heterocycles. The maximum Gasteiger partial charge on any atom is 0.224 e. The van der Waals surface area contributed by atoms with E-state index in [-0.39, 0.29) is 12.5 Å². The first-order valence-corrected chi connectivity index (χ1v) is 5.57. The van der Waals surface area contributed by atoms with Crippen molar-refractivity contribution < 1.29 is 14.6 Å². The van der Waals surface area contributed by atoms with E-state index in [2.05, 4.69) is 5.32 Å². The molecule has 0 aliphatic heterocycles. The third kappa shape index (κ3) is 5.33. The number of aliphatic hydroxyl groups excluding tert-OH is 1. The second kappa shape index (κ2) is 7.65. The van der Waals surface area contributed by atoms with Crippen molar-refractivity contribution in [2.45, 2.75) is 12.8 Å². The third-order valence-corrected chi connectivity index (χ3v) is 2.16. The number of carbonyl (C=O) groups excluding carboxylic acids is 1. The monoisotopic (exact) mass is 238 g/mol. The number of benzene rings is 1. The number of para-hydroxylation sites is 2. The minimum absolute atomic E-state index is 0.00669. The molecule has 5 heteroatoms. The number of anilines is 2. The van der Waals surface area contributed by atoms with Crippen molar-refractivity contribution in [1.82, 2.24) is 0 Å². The zero-order chi connectivity index (χ0) is 12.5. The number of nitrogen functional groups attached to an aromatic ring is 1. The molecule has 5 nitrogen and oxygen atoms in total. The predicted octanol–water partition coefficient (Wildman–Crippen LogP) is 0.996. The predicted molar refractivity (Wildman–Crippen MR) is 66.6 cm³/mol. The van der Waals surface area contributed by atoms with Crippen LogP contribution in [-0.2, 0) is 9.53 Å². The highest BCUT2D eigenvalue weighted by Crippen LogP contribution is 2.16. The normalized spacial score (nSPS) is 10.2. The number of hydrogen-bond acceptors (Lipinski definition) is 4. The number of hydrogen-bond donors (Lipinski definition) is 3. The van der Waals surface area contributed by atoms with Gasteiger partial charge in [-0.3, -0.25) is 4.79 Å². The number of amides is 1. The summed E-state index contributed by atoms with van der Waals surface area (Å²) in [5.74, 6) is -0.0875. The van der Waals surface area contributed by atoms with Gasteiger partial charge in [-0.1, -0.05) is 12.1 Å². The lowest BCUT2D eigenvalue weighted by Crippen LogP contribution is -2.13.